The molecule has 13 heteroatoms. The Balaban J connectivity index is 2.26. The molecule has 0 aliphatic carbocycles. The van der Waals surface area contributed by atoms with Crippen LogP contribution in [0, 0.1) is 5.92 Å². The van der Waals surface area contributed by atoms with Gasteiger partial charge in [-0.15, -0.1) is 0 Å². The van der Waals surface area contributed by atoms with Crippen molar-refractivity contribution in [2.75, 3.05) is 0 Å². The number of carbonyl (C=O) groups excluding carboxylic acids is 3. The fraction of sp³-hybridized carbons (Fsp3) is 0.393. The highest BCUT2D eigenvalue weighted by Crippen LogP contribution is 2.14. The van der Waals surface area contributed by atoms with Gasteiger partial charge in [-0.05, 0) is 47.7 Å². The van der Waals surface area contributed by atoms with Crippen LogP contribution in [0.1, 0.15) is 37.8 Å². The molecule has 41 heavy (non-hydrogen) atoms. The van der Waals surface area contributed by atoms with Crippen LogP contribution < -0.4 is 21.7 Å². The maximum absolute atomic E-state index is 13.4. The van der Waals surface area contributed by atoms with Crippen LogP contribution in [0.5, 0.6) is 11.5 Å². The van der Waals surface area contributed by atoms with Crippen molar-refractivity contribution >= 4 is 29.7 Å². The summed E-state index contributed by atoms with van der Waals surface area (Å²) in [6.07, 6.45) is -1.06. The van der Waals surface area contributed by atoms with Gasteiger partial charge < -0.3 is 42.1 Å². The van der Waals surface area contributed by atoms with E-state index in [1.165, 1.54) is 36.4 Å². The van der Waals surface area contributed by atoms with Gasteiger partial charge in [0.15, 0.2) is 0 Å². The molecule has 0 radical (unpaired) electrons. The number of benzene rings is 2. The molecule has 0 saturated heterocycles. The monoisotopic (exact) mass is 572 g/mol. The summed E-state index contributed by atoms with van der Waals surface area (Å²) in [6.45, 7) is 3.45. The van der Waals surface area contributed by atoms with Crippen molar-refractivity contribution in [1.82, 2.24) is 16.0 Å². The van der Waals surface area contributed by atoms with Crippen LogP contribution in [0.15, 0.2) is 48.5 Å². The lowest BCUT2D eigenvalue weighted by Crippen LogP contribution is -2.58. The summed E-state index contributed by atoms with van der Waals surface area (Å²) >= 11 is 0. The number of carbonyl (C=O) groups is 5. The van der Waals surface area contributed by atoms with E-state index in [9.17, 15) is 44.4 Å². The van der Waals surface area contributed by atoms with E-state index in [1.54, 1.807) is 26.0 Å². The molecule has 0 aromatic heterocycles. The smallest absolute Gasteiger partial charge is 0.326 e. The second-order valence-electron chi connectivity index (χ2n) is 9.97. The van der Waals surface area contributed by atoms with Crippen molar-refractivity contribution in [3.8, 4) is 11.5 Å². The van der Waals surface area contributed by atoms with Gasteiger partial charge in [0.05, 0.1) is 6.04 Å². The van der Waals surface area contributed by atoms with Gasteiger partial charge in [-0.1, -0.05) is 38.1 Å². The minimum atomic E-state index is -1.45. The van der Waals surface area contributed by atoms with Gasteiger partial charge in [-0.3, -0.25) is 19.2 Å². The first-order valence-electron chi connectivity index (χ1n) is 12.9. The second kappa shape index (κ2) is 15.2. The highest BCUT2D eigenvalue weighted by molar-refractivity contribution is 5.94. The summed E-state index contributed by atoms with van der Waals surface area (Å²) in [7, 11) is 0. The number of nitrogens with two attached hydrogens (primary N) is 1. The zero-order chi connectivity index (χ0) is 30.7. The number of hydrogen-bond donors (Lipinski definition) is 8. The van der Waals surface area contributed by atoms with Gasteiger partial charge in [-0.2, -0.15) is 0 Å². The Morgan fingerprint density at radius 3 is 1.54 bits per heavy atom. The van der Waals surface area contributed by atoms with Crippen LogP contribution in [-0.4, -0.2) is 74.3 Å². The molecular weight excluding hydrogens is 536 g/mol. The Morgan fingerprint density at radius 2 is 1.10 bits per heavy atom. The van der Waals surface area contributed by atoms with Crippen LogP contribution in [0.4, 0.5) is 0 Å². The van der Waals surface area contributed by atoms with Gasteiger partial charge in [0.2, 0.25) is 17.7 Å². The predicted octanol–water partition coefficient (Wildman–Crippen LogP) is 0.270. The van der Waals surface area contributed by atoms with Gasteiger partial charge in [0.1, 0.15) is 29.6 Å². The Bertz CT molecular complexity index is 1220. The first-order valence-corrected chi connectivity index (χ1v) is 12.9. The van der Waals surface area contributed by atoms with Crippen molar-refractivity contribution in [2.45, 2.75) is 63.7 Å². The van der Waals surface area contributed by atoms with Crippen LogP contribution >= 0.6 is 0 Å². The molecule has 0 saturated carbocycles. The molecule has 222 valence electrons. The van der Waals surface area contributed by atoms with Crippen molar-refractivity contribution in [3.63, 3.8) is 0 Å². The number of phenols is 2. The molecule has 13 nitrogen and oxygen atoms in total. The molecule has 2 rings (SSSR count). The van der Waals surface area contributed by atoms with E-state index in [1.807, 2.05) is 0 Å². The lowest BCUT2D eigenvalue weighted by molar-refractivity contribution is -0.143. The molecule has 3 amide bonds. The zero-order valence-corrected chi connectivity index (χ0v) is 22.7. The number of rotatable bonds is 15. The number of aromatic hydroxyl groups is 2. The molecule has 0 aliphatic heterocycles. The Labute approximate surface area is 236 Å². The van der Waals surface area contributed by atoms with Crippen LogP contribution in [0.3, 0.4) is 0 Å². The van der Waals surface area contributed by atoms with Crippen molar-refractivity contribution in [3.05, 3.63) is 59.7 Å². The number of nitrogens with one attached hydrogen (secondary N) is 3. The fourth-order valence-corrected chi connectivity index (χ4v) is 3.80. The fourth-order valence-electron chi connectivity index (χ4n) is 3.80. The van der Waals surface area contributed by atoms with E-state index in [2.05, 4.69) is 16.0 Å². The van der Waals surface area contributed by atoms with E-state index in [4.69, 9.17) is 5.73 Å². The number of carboxylic acid groups (broad SMARTS) is 2. The standard InChI is InChI=1S/C28H36N4O9/c1-15(2)24(29)27(39)31-21(13-16-3-7-18(33)8-4-16)26(38)30-20(11-12-23(35)36)25(37)32-22(28(40)41)14-17-5-9-19(34)10-6-17/h3-10,15,20-22,24,33-34H,11-14,29H2,1-2H3,(H,30,38)(H,31,39)(H,32,37)(H,35,36)(H,40,41). The van der Waals surface area contributed by atoms with E-state index in [-0.39, 0.29) is 36.7 Å². The SMILES string of the molecule is CC(C)C(N)C(=O)NC(Cc1ccc(O)cc1)C(=O)NC(CCC(=O)O)C(=O)NC(Cc1ccc(O)cc1)C(=O)O. The number of carboxylic acids is 2. The number of phenolic OH excluding ortho intramolecular Hbond substituents is 2. The number of hydrogen-bond acceptors (Lipinski definition) is 8. The van der Waals surface area contributed by atoms with Crippen LogP contribution in [0.25, 0.3) is 0 Å². The van der Waals surface area contributed by atoms with E-state index in [0.29, 0.717) is 11.1 Å². The second-order valence-corrected chi connectivity index (χ2v) is 9.97. The summed E-state index contributed by atoms with van der Waals surface area (Å²) in [5, 5.41) is 45.2. The molecule has 0 spiro atoms. The lowest BCUT2D eigenvalue weighted by Gasteiger charge is -2.26. The molecule has 4 unspecified atom stereocenters. The van der Waals surface area contributed by atoms with Crippen LogP contribution in [-0.2, 0) is 36.8 Å². The first-order chi connectivity index (χ1) is 19.3. The van der Waals surface area contributed by atoms with E-state index in [0.717, 1.165) is 0 Å². The first kappa shape index (κ1) is 32.6. The van der Waals surface area contributed by atoms with Crippen molar-refractivity contribution in [2.24, 2.45) is 11.7 Å². The van der Waals surface area contributed by atoms with Gasteiger partial charge >= 0.3 is 11.9 Å². The summed E-state index contributed by atoms with van der Waals surface area (Å²) in [4.78, 5) is 62.3. The Morgan fingerprint density at radius 1 is 0.683 bits per heavy atom. The Kier molecular flexibility index (Phi) is 12.1. The van der Waals surface area contributed by atoms with Crippen LogP contribution in [0.2, 0.25) is 0 Å². The van der Waals surface area contributed by atoms with Gasteiger partial charge in [0.25, 0.3) is 0 Å². The molecule has 2 aromatic carbocycles. The lowest BCUT2D eigenvalue weighted by atomic mass is 10.0. The van der Waals surface area contributed by atoms with E-state index >= 15 is 0 Å². The third-order valence-corrected chi connectivity index (χ3v) is 6.30. The molecule has 0 fully saturated rings. The summed E-state index contributed by atoms with van der Waals surface area (Å²) in [6, 6.07) is 6.53. The number of amides is 3. The zero-order valence-electron chi connectivity index (χ0n) is 22.7. The Hall–Kier alpha value is -4.65. The normalized spacial score (nSPS) is 13.9. The molecular formula is C28H36N4O9. The maximum Gasteiger partial charge on any atom is 0.326 e. The van der Waals surface area contributed by atoms with E-state index < -0.39 is 60.2 Å². The summed E-state index contributed by atoms with van der Waals surface area (Å²) < 4.78 is 0. The van der Waals surface area contributed by atoms with Gasteiger partial charge in [0, 0.05) is 19.3 Å². The molecule has 0 heterocycles. The average molecular weight is 573 g/mol. The minimum absolute atomic E-state index is 0.00804. The molecule has 0 aliphatic rings. The van der Waals surface area contributed by atoms with Crippen molar-refractivity contribution in [1.29, 1.82) is 0 Å². The molecule has 2 aromatic rings. The predicted molar refractivity (Wildman–Crippen MR) is 147 cm³/mol. The summed E-state index contributed by atoms with van der Waals surface area (Å²) in [5.74, 6) is -5.26. The third kappa shape index (κ3) is 10.8. The van der Waals surface area contributed by atoms with Crippen molar-refractivity contribution < 1.29 is 44.4 Å². The number of aliphatic carboxylic acids is 2. The summed E-state index contributed by atoms with van der Waals surface area (Å²) in [5.41, 5.74) is 6.99. The molecule has 0 bridgehead atoms. The highest BCUT2D eigenvalue weighted by Gasteiger charge is 2.31. The largest absolute Gasteiger partial charge is 0.508 e. The van der Waals surface area contributed by atoms with Gasteiger partial charge in [-0.25, -0.2) is 4.79 Å². The molecule has 4 atom stereocenters. The highest BCUT2D eigenvalue weighted by atomic mass is 16.4. The third-order valence-electron chi connectivity index (χ3n) is 6.30. The maximum atomic E-state index is 13.4. The topological polar surface area (TPSA) is 228 Å². The quantitative estimate of drug-likeness (QED) is 0.145. The molecule has 9 N–H and O–H groups in total. The minimum Gasteiger partial charge on any atom is -0.508 e. The average Bonchev–Trinajstić information content (AvgIpc) is 2.91.